The van der Waals surface area contributed by atoms with E-state index in [1.165, 1.54) is 0 Å². The van der Waals surface area contributed by atoms with E-state index in [4.69, 9.17) is 0 Å². The Balaban J connectivity index is 3.97. The van der Waals surface area contributed by atoms with Crippen LogP contribution in [0.4, 0.5) is 0 Å². The molecule has 0 aliphatic heterocycles. The Morgan fingerprint density at radius 3 is 2.45 bits per heavy atom. The molecule has 0 amide bonds. The predicted octanol–water partition coefficient (Wildman–Crippen LogP) is 0.922. The smallest absolute Gasteiger partial charge is 0.0933 e. The first-order chi connectivity index (χ1) is 5.04. The second-order valence-electron chi connectivity index (χ2n) is 2.86. The van der Waals surface area contributed by atoms with E-state index >= 15 is 0 Å². The summed E-state index contributed by atoms with van der Waals surface area (Å²) in [5.74, 6) is 5.40. The molecule has 0 aromatic heterocycles. The molecule has 2 unspecified atom stereocenters. The summed E-state index contributed by atoms with van der Waals surface area (Å²) in [7, 11) is 0. The first kappa shape index (κ1) is 10.5. The zero-order valence-electron chi connectivity index (χ0n) is 7.39. The molecule has 2 nitrogen and oxygen atoms in total. The van der Waals surface area contributed by atoms with E-state index in [1.807, 2.05) is 6.92 Å². The van der Waals surface area contributed by atoms with Gasteiger partial charge in [0.2, 0.25) is 0 Å². The first-order valence-corrected chi connectivity index (χ1v) is 3.84. The van der Waals surface area contributed by atoms with Crippen molar-refractivity contribution in [1.82, 2.24) is 0 Å². The van der Waals surface area contributed by atoms with E-state index in [0.717, 1.165) is 0 Å². The summed E-state index contributed by atoms with van der Waals surface area (Å²) < 4.78 is 0. The molecule has 11 heavy (non-hydrogen) atoms. The van der Waals surface area contributed by atoms with Crippen LogP contribution in [0.15, 0.2) is 0 Å². The Bertz CT molecular complexity index is 162. The van der Waals surface area contributed by atoms with Crippen molar-refractivity contribution in [2.75, 3.05) is 0 Å². The average molecular weight is 156 g/mol. The molecule has 0 saturated heterocycles. The molecule has 0 spiro atoms. The lowest BCUT2D eigenvalue weighted by Gasteiger charge is -2.26. The van der Waals surface area contributed by atoms with Gasteiger partial charge in [-0.2, -0.15) is 0 Å². The van der Waals surface area contributed by atoms with Crippen LogP contribution in [-0.2, 0) is 0 Å². The normalized spacial score (nSPS) is 17.9. The molecule has 0 bridgehead atoms. The van der Waals surface area contributed by atoms with Crippen molar-refractivity contribution in [1.29, 1.82) is 0 Å². The van der Waals surface area contributed by atoms with E-state index in [0.29, 0.717) is 12.8 Å². The highest BCUT2D eigenvalue weighted by atomic mass is 16.3. The average Bonchev–Trinajstić information content (AvgIpc) is 2.00. The SMILES string of the molecule is CC#CCC(O)C(C)(O)CC. The van der Waals surface area contributed by atoms with Gasteiger partial charge in [-0.05, 0) is 20.3 Å². The molecule has 0 saturated carbocycles. The van der Waals surface area contributed by atoms with Crippen molar-refractivity contribution < 1.29 is 10.2 Å². The van der Waals surface area contributed by atoms with E-state index in [2.05, 4.69) is 11.8 Å². The third-order valence-corrected chi connectivity index (χ3v) is 1.91. The largest absolute Gasteiger partial charge is 0.389 e. The van der Waals surface area contributed by atoms with Crippen molar-refractivity contribution >= 4 is 0 Å². The monoisotopic (exact) mass is 156 g/mol. The Labute approximate surface area is 68.2 Å². The van der Waals surface area contributed by atoms with E-state index in [9.17, 15) is 10.2 Å². The van der Waals surface area contributed by atoms with Gasteiger partial charge >= 0.3 is 0 Å². The fourth-order valence-electron chi connectivity index (χ4n) is 0.654. The molecule has 0 aliphatic rings. The van der Waals surface area contributed by atoms with Crippen LogP contribution in [-0.4, -0.2) is 21.9 Å². The molecule has 2 heteroatoms. The van der Waals surface area contributed by atoms with Crippen LogP contribution >= 0.6 is 0 Å². The van der Waals surface area contributed by atoms with Gasteiger partial charge in [-0.3, -0.25) is 0 Å². The van der Waals surface area contributed by atoms with Gasteiger partial charge in [0.05, 0.1) is 11.7 Å². The lowest BCUT2D eigenvalue weighted by molar-refractivity contribution is -0.0607. The van der Waals surface area contributed by atoms with Crippen LogP contribution in [0.25, 0.3) is 0 Å². The molecule has 2 atom stereocenters. The summed E-state index contributed by atoms with van der Waals surface area (Å²) in [6.07, 6.45) is 0.150. The minimum atomic E-state index is -0.996. The van der Waals surface area contributed by atoms with Gasteiger partial charge in [0, 0.05) is 6.42 Å². The Morgan fingerprint density at radius 2 is 2.09 bits per heavy atom. The molecule has 0 aliphatic carbocycles. The first-order valence-electron chi connectivity index (χ1n) is 3.84. The van der Waals surface area contributed by atoms with Crippen molar-refractivity contribution in [2.24, 2.45) is 0 Å². The van der Waals surface area contributed by atoms with Crippen LogP contribution < -0.4 is 0 Å². The van der Waals surface area contributed by atoms with Gasteiger partial charge in [-0.25, -0.2) is 0 Å². The van der Waals surface area contributed by atoms with Gasteiger partial charge in [-0.15, -0.1) is 11.8 Å². The fourth-order valence-corrected chi connectivity index (χ4v) is 0.654. The third kappa shape index (κ3) is 3.41. The molecular formula is C9H16O2. The second kappa shape index (κ2) is 4.38. The number of rotatable bonds is 3. The lowest BCUT2D eigenvalue weighted by atomic mass is 9.94. The van der Waals surface area contributed by atoms with Crippen molar-refractivity contribution in [3.63, 3.8) is 0 Å². The summed E-state index contributed by atoms with van der Waals surface area (Å²) in [5, 5.41) is 18.9. The zero-order chi connectivity index (χ0) is 8.91. The van der Waals surface area contributed by atoms with Crippen molar-refractivity contribution in [3.8, 4) is 11.8 Å². The van der Waals surface area contributed by atoms with E-state index < -0.39 is 11.7 Å². The van der Waals surface area contributed by atoms with Gasteiger partial charge < -0.3 is 10.2 Å². The van der Waals surface area contributed by atoms with Gasteiger partial charge in [0.15, 0.2) is 0 Å². The fraction of sp³-hybridized carbons (Fsp3) is 0.778. The molecule has 0 heterocycles. The highest BCUT2D eigenvalue weighted by Gasteiger charge is 2.26. The zero-order valence-corrected chi connectivity index (χ0v) is 7.39. The molecule has 64 valence electrons. The van der Waals surface area contributed by atoms with Gasteiger partial charge in [0.1, 0.15) is 0 Å². The van der Waals surface area contributed by atoms with Crippen LogP contribution in [0.5, 0.6) is 0 Å². The minimum Gasteiger partial charge on any atom is -0.389 e. The highest BCUT2D eigenvalue weighted by Crippen LogP contribution is 2.16. The summed E-state index contributed by atoms with van der Waals surface area (Å²) in [4.78, 5) is 0. The maximum atomic E-state index is 9.50. The lowest BCUT2D eigenvalue weighted by Crippen LogP contribution is -2.38. The maximum Gasteiger partial charge on any atom is 0.0933 e. The summed E-state index contributed by atoms with van der Waals surface area (Å²) in [6.45, 7) is 5.17. The topological polar surface area (TPSA) is 40.5 Å². The Kier molecular flexibility index (Phi) is 4.17. The minimum absolute atomic E-state index is 0.345. The van der Waals surface area contributed by atoms with Gasteiger partial charge in [-0.1, -0.05) is 6.92 Å². The number of hydrogen-bond donors (Lipinski definition) is 2. The predicted molar refractivity (Wildman–Crippen MR) is 45.0 cm³/mol. The van der Waals surface area contributed by atoms with Crippen LogP contribution in [0.3, 0.4) is 0 Å². The molecule has 0 aromatic carbocycles. The molecule has 2 N–H and O–H groups in total. The molecule has 0 radical (unpaired) electrons. The molecular weight excluding hydrogens is 140 g/mol. The quantitative estimate of drug-likeness (QED) is 0.596. The summed E-state index contributed by atoms with van der Waals surface area (Å²) in [6, 6.07) is 0. The van der Waals surface area contributed by atoms with E-state index in [-0.39, 0.29) is 0 Å². The van der Waals surface area contributed by atoms with Crippen molar-refractivity contribution in [3.05, 3.63) is 0 Å². The molecule has 0 rings (SSSR count). The Hall–Kier alpha value is -0.520. The van der Waals surface area contributed by atoms with Crippen LogP contribution in [0, 0.1) is 11.8 Å². The van der Waals surface area contributed by atoms with Crippen LogP contribution in [0.2, 0.25) is 0 Å². The van der Waals surface area contributed by atoms with Crippen molar-refractivity contribution in [2.45, 2.75) is 45.3 Å². The molecule has 0 aromatic rings. The standard InChI is InChI=1S/C9H16O2/c1-4-6-7-8(10)9(3,11)5-2/h8,10-11H,5,7H2,1-3H3. The van der Waals surface area contributed by atoms with Gasteiger partial charge in [0.25, 0.3) is 0 Å². The number of hydrogen-bond acceptors (Lipinski definition) is 2. The third-order valence-electron chi connectivity index (χ3n) is 1.91. The second-order valence-corrected chi connectivity index (χ2v) is 2.86. The number of aliphatic hydroxyl groups is 2. The van der Waals surface area contributed by atoms with Crippen LogP contribution in [0.1, 0.15) is 33.6 Å². The summed E-state index contributed by atoms with van der Waals surface area (Å²) >= 11 is 0. The van der Waals surface area contributed by atoms with E-state index in [1.54, 1.807) is 13.8 Å². The highest BCUT2D eigenvalue weighted by molar-refractivity contribution is 4.99. The Morgan fingerprint density at radius 1 is 1.55 bits per heavy atom. The summed E-state index contributed by atoms with van der Waals surface area (Å²) in [5.41, 5.74) is -0.996. The number of aliphatic hydroxyl groups excluding tert-OH is 1. The molecule has 0 fully saturated rings. The maximum absolute atomic E-state index is 9.50.